The molecule has 1 N–H and O–H groups in total. The normalized spacial score (nSPS) is 12.2. The summed E-state index contributed by atoms with van der Waals surface area (Å²) < 4.78 is 26.2. The summed E-state index contributed by atoms with van der Waals surface area (Å²) >= 11 is 0. The number of nitrogens with one attached hydrogen (secondary N) is 1. The Labute approximate surface area is 197 Å². The van der Waals surface area contributed by atoms with Crippen LogP contribution >= 0.6 is 0 Å². The molecule has 7 nitrogen and oxygen atoms in total. The average molecular weight is 474 g/mol. The van der Waals surface area contributed by atoms with Crippen molar-refractivity contribution >= 4 is 27.5 Å². The third kappa shape index (κ3) is 7.60. The molecule has 0 aliphatic heterocycles. The average Bonchev–Trinajstić information content (AvgIpc) is 2.74. The van der Waals surface area contributed by atoms with Crippen LogP contribution in [-0.4, -0.2) is 50.5 Å². The number of para-hydroxylation sites is 1. The Bertz CT molecular complexity index is 1070. The molecule has 2 amide bonds. The molecule has 0 unspecified atom stereocenters. The number of rotatable bonds is 11. The van der Waals surface area contributed by atoms with Gasteiger partial charge in [0.05, 0.1) is 11.9 Å². The summed E-state index contributed by atoms with van der Waals surface area (Å²) in [6, 6.07) is 14.5. The highest BCUT2D eigenvalue weighted by Gasteiger charge is 2.26. The number of aryl methyl sites for hydroxylation is 2. The number of hydrogen-bond acceptors (Lipinski definition) is 4. The number of benzene rings is 2. The van der Waals surface area contributed by atoms with Gasteiger partial charge < -0.3 is 10.2 Å². The number of sulfonamides is 1. The SMILES string of the molecule is CCNC(=O)[C@H](C)N(Cc1cccc(C)c1)C(=O)CCCN(c1ccccc1C)S(C)(=O)=O. The van der Waals surface area contributed by atoms with Crippen LogP contribution in [0.4, 0.5) is 5.69 Å². The van der Waals surface area contributed by atoms with Crippen LogP contribution < -0.4 is 9.62 Å². The van der Waals surface area contributed by atoms with Crippen molar-refractivity contribution in [1.29, 1.82) is 0 Å². The van der Waals surface area contributed by atoms with Crippen LogP contribution in [0.15, 0.2) is 48.5 Å². The van der Waals surface area contributed by atoms with Crippen LogP contribution in [0.1, 0.15) is 43.4 Å². The lowest BCUT2D eigenvalue weighted by Crippen LogP contribution is -2.47. The zero-order chi connectivity index (χ0) is 24.6. The van der Waals surface area contributed by atoms with Crippen molar-refractivity contribution < 1.29 is 18.0 Å². The molecular formula is C25H35N3O4S. The highest BCUT2D eigenvalue weighted by atomic mass is 32.2. The predicted molar refractivity (Wildman–Crippen MR) is 132 cm³/mol. The first-order valence-electron chi connectivity index (χ1n) is 11.2. The molecule has 180 valence electrons. The molecule has 33 heavy (non-hydrogen) atoms. The van der Waals surface area contributed by atoms with Gasteiger partial charge in [-0.3, -0.25) is 13.9 Å². The van der Waals surface area contributed by atoms with Crippen LogP contribution in [0, 0.1) is 13.8 Å². The van der Waals surface area contributed by atoms with Gasteiger partial charge in [0, 0.05) is 26.1 Å². The molecule has 0 fully saturated rings. The molecule has 2 rings (SSSR count). The van der Waals surface area contributed by atoms with E-state index in [0.29, 0.717) is 25.2 Å². The Balaban J connectivity index is 2.16. The minimum absolute atomic E-state index is 0.132. The van der Waals surface area contributed by atoms with E-state index < -0.39 is 16.1 Å². The number of nitrogens with zero attached hydrogens (tertiary/aromatic N) is 2. The van der Waals surface area contributed by atoms with Crippen molar-refractivity contribution in [2.75, 3.05) is 23.7 Å². The monoisotopic (exact) mass is 473 g/mol. The number of likely N-dealkylation sites (N-methyl/N-ethyl adjacent to an activating group) is 1. The Morgan fingerprint density at radius 2 is 1.76 bits per heavy atom. The molecule has 0 aromatic heterocycles. The van der Waals surface area contributed by atoms with E-state index in [1.165, 1.54) is 10.6 Å². The zero-order valence-electron chi connectivity index (χ0n) is 20.2. The zero-order valence-corrected chi connectivity index (χ0v) is 21.0. The van der Waals surface area contributed by atoms with Gasteiger partial charge in [0.25, 0.3) is 0 Å². The second-order valence-corrected chi connectivity index (χ2v) is 10.2. The van der Waals surface area contributed by atoms with E-state index in [2.05, 4.69) is 5.32 Å². The molecule has 1 atom stereocenters. The van der Waals surface area contributed by atoms with Gasteiger partial charge in [-0.25, -0.2) is 8.42 Å². The maximum atomic E-state index is 13.2. The summed E-state index contributed by atoms with van der Waals surface area (Å²) in [5, 5.41) is 2.78. The minimum atomic E-state index is -3.50. The van der Waals surface area contributed by atoms with Crippen molar-refractivity contribution in [3.8, 4) is 0 Å². The maximum absolute atomic E-state index is 13.2. The molecule has 2 aromatic rings. The highest BCUT2D eigenvalue weighted by molar-refractivity contribution is 7.92. The van der Waals surface area contributed by atoms with Gasteiger partial charge in [-0.2, -0.15) is 0 Å². The molecule has 0 saturated carbocycles. The van der Waals surface area contributed by atoms with Crippen LogP contribution in [0.5, 0.6) is 0 Å². The molecule has 0 aliphatic carbocycles. The molecule has 8 heteroatoms. The molecule has 0 spiro atoms. The molecule has 0 bridgehead atoms. The van der Waals surface area contributed by atoms with E-state index in [9.17, 15) is 18.0 Å². The Hall–Kier alpha value is -2.87. The van der Waals surface area contributed by atoms with E-state index >= 15 is 0 Å². The highest BCUT2D eigenvalue weighted by Crippen LogP contribution is 2.23. The second kappa shape index (κ2) is 11.8. The van der Waals surface area contributed by atoms with Crippen LogP contribution in [0.25, 0.3) is 0 Å². The number of carbonyl (C=O) groups excluding carboxylic acids is 2. The summed E-state index contributed by atoms with van der Waals surface area (Å²) in [6.45, 7) is 8.37. The summed E-state index contributed by atoms with van der Waals surface area (Å²) in [5.41, 5.74) is 3.48. The van der Waals surface area contributed by atoms with Gasteiger partial charge in [-0.1, -0.05) is 48.0 Å². The summed E-state index contributed by atoms with van der Waals surface area (Å²) in [6.07, 6.45) is 1.64. The topological polar surface area (TPSA) is 86.8 Å². The number of hydrogen-bond donors (Lipinski definition) is 1. The van der Waals surface area contributed by atoms with Gasteiger partial charge in [0.2, 0.25) is 21.8 Å². The van der Waals surface area contributed by atoms with Crippen molar-refractivity contribution in [2.24, 2.45) is 0 Å². The van der Waals surface area contributed by atoms with E-state index in [1.807, 2.05) is 57.2 Å². The van der Waals surface area contributed by atoms with Gasteiger partial charge >= 0.3 is 0 Å². The van der Waals surface area contributed by atoms with Gasteiger partial charge in [0.15, 0.2) is 0 Å². The molecule has 0 saturated heterocycles. The van der Waals surface area contributed by atoms with E-state index in [-0.39, 0.29) is 24.8 Å². The molecule has 0 heterocycles. The number of anilines is 1. The first-order chi connectivity index (χ1) is 15.5. The molecule has 0 radical (unpaired) electrons. The Morgan fingerprint density at radius 1 is 1.06 bits per heavy atom. The smallest absolute Gasteiger partial charge is 0.242 e. The number of amides is 2. The lowest BCUT2D eigenvalue weighted by molar-refractivity contribution is -0.140. The quantitative estimate of drug-likeness (QED) is 0.542. The molecule has 0 aliphatic rings. The third-order valence-corrected chi connectivity index (χ3v) is 6.67. The fourth-order valence-corrected chi connectivity index (χ4v) is 4.76. The largest absolute Gasteiger partial charge is 0.355 e. The maximum Gasteiger partial charge on any atom is 0.242 e. The summed E-state index contributed by atoms with van der Waals surface area (Å²) in [4.78, 5) is 27.3. The molecular weight excluding hydrogens is 438 g/mol. The van der Waals surface area contributed by atoms with Crippen LogP contribution in [0.2, 0.25) is 0 Å². The minimum Gasteiger partial charge on any atom is -0.355 e. The fraction of sp³-hybridized carbons (Fsp3) is 0.440. The molecule has 2 aromatic carbocycles. The summed E-state index contributed by atoms with van der Waals surface area (Å²) in [5.74, 6) is -0.398. The van der Waals surface area contributed by atoms with E-state index in [1.54, 1.807) is 24.0 Å². The van der Waals surface area contributed by atoms with E-state index in [4.69, 9.17) is 0 Å². The standard InChI is InChI=1S/C25H35N3O4S/c1-6-26-25(30)21(4)27(18-22-13-9-11-19(2)17-22)24(29)15-10-16-28(33(5,31)32)23-14-8-7-12-20(23)3/h7-9,11-14,17,21H,6,10,15-16,18H2,1-5H3,(H,26,30)/t21-/m0/s1. The van der Waals surface area contributed by atoms with Crippen molar-refractivity contribution in [2.45, 2.75) is 53.1 Å². The van der Waals surface area contributed by atoms with Gasteiger partial charge in [-0.05, 0) is 51.3 Å². The second-order valence-electron chi connectivity index (χ2n) is 8.31. The van der Waals surface area contributed by atoms with Crippen LogP contribution in [0.3, 0.4) is 0 Å². The lowest BCUT2D eigenvalue weighted by Gasteiger charge is -2.29. The number of carbonyl (C=O) groups is 2. The Kier molecular flexibility index (Phi) is 9.46. The predicted octanol–water partition coefficient (Wildman–Crippen LogP) is 3.40. The van der Waals surface area contributed by atoms with Crippen molar-refractivity contribution in [3.63, 3.8) is 0 Å². The summed E-state index contributed by atoms with van der Waals surface area (Å²) in [7, 11) is -3.50. The van der Waals surface area contributed by atoms with E-state index in [0.717, 1.165) is 16.7 Å². The van der Waals surface area contributed by atoms with Crippen LogP contribution in [-0.2, 0) is 26.2 Å². The first-order valence-corrected chi connectivity index (χ1v) is 13.1. The van der Waals surface area contributed by atoms with Crippen molar-refractivity contribution in [1.82, 2.24) is 10.2 Å². The first kappa shape index (κ1) is 26.4. The van der Waals surface area contributed by atoms with Gasteiger partial charge in [-0.15, -0.1) is 0 Å². The van der Waals surface area contributed by atoms with Crippen molar-refractivity contribution in [3.05, 3.63) is 65.2 Å². The third-order valence-electron chi connectivity index (χ3n) is 5.49. The van der Waals surface area contributed by atoms with Gasteiger partial charge in [0.1, 0.15) is 6.04 Å². The fourth-order valence-electron chi connectivity index (χ4n) is 3.74. The Morgan fingerprint density at radius 3 is 2.36 bits per heavy atom. The lowest BCUT2D eigenvalue weighted by atomic mass is 10.1.